The Balaban J connectivity index is 2.25. The molecule has 0 aliphatic carbocycles. The first kappa shape index (κ1) is 15.6. The van der Waals surface area contributed by atoms with Crippen LogP contribution in [-0.4, -0.2) is 17.1 Å². The van der Waals surface area contributed by atoms with E-state index in [1.54, 1.807) is 12.1 Å². The minimum absolute atomic E-state index is 0.0116. The van der Waals surface area contributed by atoms with Crippen molar-refractivity contribution in [2.45, 2.75) is 45.1 Å². The quantitative estimate of drug-likeness (QED) is 0.761. The van der Waals surface area contributed by atoms with E-state index in [-0.39, 0.29) is 18.3 Å². The second kappa shape index (κ2) is 7.89. The second-order valence-electron chi connectivity index (χ2n) is 5.18. The van der Waals surface area contributed by atoms with Gasteiger partial charge in [-0.25, -0.2) is 4.39 Å². The molecule has 1 aromatic rings. The van der Waals surface area contributed by atoms with Gasteiger partial charge in [0.2, 0.25) is 0 Å². The average molecular weight is 267 g/mol. The van der Waals surface area contributed by atoms with Crippen LogP contribution < -0.4 is 5.73 Å². The van der Waals surface area contributed by atoms with E-state index in [0.29, 0.717) is 18.8 Å². The number of carbonyl (C=O) groups is 1. The molecular formula is C15H22FNO2. The highest BCUT2D eigenvalue weighted by molar-refractivity contribution is 5.67. The first-order valence-electron chi connectivity index (χ1n) is 6.69. The molecule has 0 aliphatic heterocycles. The largest absolute Gasteiger partial charge is 0.481 e. The highest BCUT2D eigenvalue weighted by atomic mass is 19.1. The number of aliphatic carboxylic acids is 1. The summed E-state index contributed by atoms with van der Waals surface area (Å²) in [5.74, 6) is -0.648. The molecule has 19 heavy (non-hydrogen) atoms. The van der Waals surface area contributed by atoms with Crippen LogP contribution in [0.4, 0.5) is 4.39 Å². The van der Waals surface area contributed by atoms with E-state index in [9.17, 15) is 9.18 Å². The highest BCUT2D eigenvalue weighted by Crippen LogP contribution is 2.17. The first-order valence-corrected chi connectivity index (χ1v) is 6.69. The van der Waals surface area contributed by atoms with Gasteiger partial charge in [0.05, 0.1) is 6.42 Å². The molecule has 0 fully saturated rings. The maximum Gasteiger partial charge on any atom is 0.304 e. The number of nitrogens with two attached hydrogens (primary N) is 1. The molecule has 3 N–H and O–H groups in total. The predicted octanol–water partition coefficient (Wildman–Crippen LogP) is 2.98. The zero-order valence-electron chi connectivity index (χ0n) is 11.3. The molecule has 0 heterocycles. The fraction of sp³-hybridized carbons (Fsp3) is 0.533. The Morgan fingerprint density at radius 1 is 1.42 bits per heavy atom. The third-order valence-corrected chi connectivity index (χ3v) is 3.24. The third-order valence-electron chi connectivity index (χ3n) is 3.24. The van der Waals surface area contributed by atoms with Crippen LogP contribution in [0.25, 0.3) is 0 Å². The summed E-state index contributed by atoms with van der Waals surface area (Å²) < 4.78 is 13.4. The number of benzene rings is 1. The Kier molecular flexibility index (Phi) is 6.50. The van der Waals surface area contributed by atoms with E-state index in [0.717, 1.165) is 18.4 Å². The molecule has 4 heteroatoms. The molecule has 1 aromatic carbocycles. The highest BCUT2D eigenvalue weighted by Gasteiger charge is 2.12. The van der Waals surface area contributed by atoms with E-state index < -0.39 is 5.97 Å². The van der Waals surface area contributed by atoms with Crippen molar-refractivity contribution in [2.24, 2.45) is 11.7 Å². The zero-order chi connectivity index (χ0) is 14.3. The lowest BCUT2D eigenvalue weighted by atomic mass is 9.94. The van der Waals surface area contributed by atoms with E-state index in [2.05, 4.69) is 6.92 Å². The van der Waals surface area contributed by atoms with Crippen LogP contribution in [0.15, 0.2) is 24.3 Å². The monoisotopic (exact) mass is 267 g/mol. The second-order valence-corrected chi connectivity index (χ2v) is 5.18. The summed E-state index contributed by atoms with van der Waals surface area (Å²) in [6.45, 7) is 2.06. The summed E-state index contributed by atoms with van der Waals surface area (Å²) in [7, 11) is 0. The molecule has 0 aromatic heterocycles. The Morgan fingerprint density at radius 2 is 2.11 bits per heavy atom. The summed E-state index contributed by atoms with van der Waals surface area (Å²) >= 11 is 0. The molecule has 0 unspecified atom stereocenters. The molecule has 1 rings (SSSR count). The van der Waals surface area contributed by atoms with Gasteiger partial charge in [-0.3, -0.25) is 4.79 Å². The minimum Gasteiger partial charge on any atom is -0.481 e. The van der Waals surface area contributed by atoms with Crippen LogP contribution in [-0.2, 0) is 11.2 Å². The smallest absolute Gasteiger partial charge is 0.304 e. The van der Waals surface area contributed by atoms with Crippen LogP contribution in [0.5, 0.6) is 0 Å². The summed E-state index contributed by atoms with van der Waals surface area (Å²) in [5.41, 5.74) is 6.48. The number of aryl methyl sites for hydroxylation is 1. The normalized spacial score (nSPS) is 14.1. The van der Waals surface area contributed by atoms with Crippen LogP contribution >= 0.6 is 0 Å². The molecule has 2 atom stereocenters. The SMILES string of the molecule is C[C@H](CCCc1ccccc1F)C[C@H](N)CC(=O)O. The molecule has 0 bridgehead atoms. The van der Waals surface area contributed by atoms with Crippen LogP contribution in [0.2, 0.25) is 0 Å². The molecule has 0 saturated heterocycles. The van der Waals surface area contributed by atoms with Crippen molar-refractivity contribution < 1.29 is 14.3 Å². The molecule has 0 spiro atoms. The van der Waals surface area contributed by atoms with Gasteiger partial charge in [0.15, 0.2) is 0 Å². The number of halogens is 1. The molecular weight excluding hydrogens is 245 g/mol. The van der Waals surface area contributed by atoms with E-state index in [4.69, 9.17) is 10.8 Å². The van der Waals surface area contributed by atoms with E-state index in [1.807, 2.05) is 6.07 Å². The van der Waals surface area contributed by atoms with Gasteiger partial charge < -0.3 is 10.8 Å². The Hall–Kier alpha value is -1.42. The lowest BCUT2D eigenvalue weighted by Crippen LogP contribution is -2.26. The van der Waals surface area contributed by atoms with Gasteiger partial charge in [-0.15, -0.1) is 0 Å². The summed E-state index contributed by atoms with van der Waals surface area (Å²) in [6, 6.07) is 6.51. The number of carboxylic acid groups (broad SMARTS) is 1. The molecule has 0 amide bonds. The van der Waals surface area contributed by atoms with Crippen molar-refractivity contribution in [3.8, 4) is 0 Å². The summed E-state index contributed by atoms with van der Waals surface area (Å²) in [4.78, 5) is 10.5. The van der Waals surface area contributed by atoms with Crippen molar-refractivity contribution in [2.75, 3.05) is 0 Å². The topological polar surface area (TPSA) is 63.3 Å². The van der Waals surface area contributed by atoms with Crippen LogP contribution in [0.3, 0.4) is 0 Å². The van der Waals surface area contributed by atoms with Gasteiger partial charge in [-0.05, 0) is 36.8 Å². The fourth-order valence-electron chi connectivity index (χ4n) is 2.28. The van der Waals surface area contributed by atoms with Gasteiger partial charge >= 0.3 is 5.97 Å². The Labute approximate surface area is 113 Å². The van der Waals surface area contributed by atoms with Crippen molar-refractivity contribution >= 4 is 5.97 Å². The summed E-state index contributed by atoms with van der Waals surface area (Å²) in [5, 5.41) is 8.63. The zero-order valence-corrected chi connectivity index (χ0v) is 11.3. The van der Waals surface area contributed by atoms with Crippen molar-refractivity contribution in [3.05, 3.63) is 35.6 Å². The summed E-state index contributed by atoms with van der Waals surface area (Å²) in [6.07, 6.45) is 3.25. The maximum atomic E-state index is 13.4. The number of hydrogen-bond acceptors (Lipinski definition) is 2. The standard InChI is InChI=1S/C15H22FNO2/c1-11(9-13(17)10-15(18)19)5-4-7-12-6-2-3-8-14(12)16/h2-3,6,8,11,13H,4-5,7,9-10,17H2,1H3,(H,18,19)/t11-,13+/m1/s1. The molecule has 0 saturated carbocycles. The van der Waals surface area contributed by atoms with Gasteiger partial charge in [0.1, 0.15) is 5.82 Å². The number of rotatable bonds is 8. The van der Waals surface area contributed by atoms with Gasteiger partial charge in [-0.1, -0.05) is 31.5 Å². The predicted molar refractivity (Wildman–Crippen MR) is 73.3 cm³/mol. The van der Waals surface area contributed by atoms with E-state index >= 15 is 0 Å². The maximum absolute atomic E-state index is 13.4. The lowest BCUT2D eigenvalue weighted by Gasteiger charge is -2.15. The Morgan fingerprint density at radius 3 is 2.74 bits per heavy atom. The fourth-order valence-corrected chi connectivity index (χ4v) is 2.28. The first-order chi connectivity index (χ1) is 8.99. The van der Waals surface area contributed by atoms with Crippen LogP contribution in [0.1, 0.15) is 38.2 Å². The number of carboxylic acids is 1. The van der Waals surface area contributed by atoms with Gasteiger partial charge in [0, 0.05) is 6.04 Å². The van der Waals surface area contributed by atoms with Crippen molar-refractivity contribution in [1.29, 1.82) is 0 Å². The molecule has 3 nitrogen and oxygen atoms in total. The third kappa shape index (κ3) is 6.34. The molecule has 106 valence electrons. The van der Waals surface area contributed by atoms with Crippen molar-refractivity contribution in [3.63, 3.8) is 0 Å². The van der Waals surface area contributed by atoms with E-state index in [1.165, 1.54) is 6.07 Å². The van der Waals surface area contributed by atoms with Gasteiger partial charge in [0.25, 0.3) is 0 Å². The lowest BCUT2D eigenvalue weighted by molar-refractivity contribution is -0.137. The van der Waals surface area contributed by atoms with Crippen molar-refractivity contribution in [1.82, 2.24) is 0 Å². The van der Waals surface area contributed by atoms with Gasteiger partial charge in [-0.2, -0.15) is 0 Å². The average Bonchev–Trinajstić information content (AvgIpc) is 2.30. The molecule has 0 aliphatic rings. The minimum atomic E-state index is -0.856. The number of hydrogen-bond donors (Lipinski definition) is 2. The van der Waals surface area contributed by atoms with Crippen LogP contribution in [0, 0.1) is 11.7 Å². The Bertz CT molecular complexity index is 409. The molecule has 0 radical (unpaired) electrons.